The van der Waals surface area contributed by atoms with Gasteiger partial charge in [0.25, 0.3) is 0 Å². The molecule has 1 aromatic carbocycles. The van der Waals surface area contributed by atoms with Crippen molar-refractivity contribution in [1.29, 1.82) is 0 Å². The molecule has 1 fully saturated rings. The standard InChI is InChI=1S/C18H17ClN4S/c19-15-6-2-1-5-14(15)16-12-24-18(22-16)21-13-8-10-23(11-13)17-7-3-4-9-20-17/h1-7,9,12-13H,8,10-11H2,(H,21,22). The van der Waals surface area contributed by atoms with Crippen molar-refractivity contribution in [3.05, 3.63) is 59.1 Å². The molecule has 0 saturated carbocycles. The third-order valence-electron chi connectivity index (χ3n) is 4.14. The highest BCUT2D eigenvalue weighted by molar-refractivity contribution is 7.14. The zero-order chi connectivity index (χ0) is 16.4. The topological polar surface area (TPSA) is 41.0 Å². The van der Waals surface area contributed by atoms with Crippen LogP contribution in [0.3, 0.4) is 0 Å². The van der Waals surface area contributed by atoms with Crippen LogP contribution in [0.4, 0.5) is 10.9 Å². The summed E-state index contributed by atoms with van der Waals surface area (Å²) in [7, 11) is 0. The average Bonchev–Trinajstić information content (AvgIpc) is 3.26. The zero-order valence-corrected chi connectivity index (χ0v) is 14.6. The molecule has 4 rings (SSSR count). The van der Waals surface area contributed by atoms with Gasteiger partial charge in [0.1, 0.15) is 5.82 Å². The van der Waals surface area contributed by atoms with Crippen molar-refractivity contribution in [2.75, 3.05) is 23.3 Å². The molecule has 0 spiro atoms. The van der Waals surface area contributed by atoms with Crippen molar-refractivity contribution in [2.45, 2.75) is 12.5 Å². The molecular formula is C18H17ClN4S. The van der Waals surface area contributed by atoms with Gasteiger partial charge in [-0.3, -0.25) is 0 Å². The van der Waals surface area contributed by atoms with Crippen LogP contribution in [0.25, 0.3) is 11.3 Å². The summed E-state index contributed by atoms with van der Waals surface area (Å²) in [6.45, 7) is 1.95. The second-order valence-electron chi connectivity index (χ2n) is 5.78. The number of aromatic nitrogens is 2. The molecule has 1 aliphatic rings. The van der Waals surface area contributed by atoms with E-state index in [1.54, 1.807) is 11.3 Å². The molecule has 1 atom stereocenters. The first-order valence-corrected chi connectivity index (χ1v) is 9.18. The molecule has 1 saturated heterocycles. The summed E-state index contributed by atoms with van der Waals surface area (Å²) in [5.41, 5.74) is 1.90. The van der Waals surface area contributed by atoms with Crippen LogP contribution < -0.4 is 10.2 Å². The minimum atomic E-state index is 0.386. The van der Waals surface area contributed by atoms with E-state index in [0.29, 0.717) is 6.04 Å². The predicted octanol–water partition coefficient (Wildman–Crippen LogP) is 4.55. The van der Waals surface area contributed by atoms with Crippen LogP contribution in [0, 0.1) is 0 Å². The highest BCUT2D eigenvalue weighted by Gasteiger charge is 2.24. The van der Waals surface area contributed by atoms with Crippen LogP contribution in [-0.2, 0) is 0 Å². The summed E-state index contributed by atoms with van der Waals surface area (Å²) in [5.74, 6) is 1.04. The predicted molar refractivity (Wildman–Crippen MR) is 101 cm³/mol. The monoisotopic (exact) mass is 356 g/mol. The quantitative estimate of drug-likeness (QED) is 0.744. The molecule has 24 heavy (non-hydrogen) atoms. The van der Waals surface area contributed by atoms with Gasteiger partial charge in [-0.15, -0.1) is 11.3 Å². The van der Waals surface area contributed by atoms with Crippen molar-refractivity contribution in [3.8, 4) is 11.3 Å². The number of hydrogen-bond acceptors (Lipinski definition) is 5. The summed E-state index contributed by atoms with van der Waals surface area (Å²) in [6, 6.07) is 14.2. The average molecular weight is 357 g/mol. The molecule has 3 aromatic rings. The van der Waals surface area contributed by atoms with E-state index < -0.39 is 0 Å². The van der Waals surface area contributed by atoms with Gasteiger partial charge in [-0.2, -0.15) is 0 Å². The van der Waals surface area contributed by atoms with E-state index in [1.807, 2.05) is 42.6 Å². The first-order valence-electron chi connectivity index (χ1n) is 7.92. The van der Waals surface area contributed by atoms with Gasteiger partial charge in [-0.05, 0) is 24.6 Å². The Labute approximate surface area is 150 Å². The lowest BCUT2D eigenvalue weighted by molar-refractivity contribution is 0.804. The lowest BCUT2D eigenvalue weighted by atomic mass is 10.2. The smallest absolute Gasteiger partial charge is 0.183 e. The number of benzene rings is 1. The van der Waals surface area contributed by atoms with Crippen LogP contribution >= 0.6 is 22.9 Å². The molecule has 122 valence electrons. The van der Waals surface area contributed by atoms with Crippen LogP contribution in [0.1, 0.15) is 6.42 Å². The molecule has 6 heteroatoms. The van der Waals surface area contributed by atoms with Gasteiger partial charge in [0.05, 0.1) is 5.69 Å². The fraction of sp³-hybridized carbons (Fsp3) is 0.222. The van der Waals surface area contributed by atoms with Crippen molar-refractivity contribution >= 4 is 33.9 Å². The number of nitrogens with zero attached hydrogens (tertiary/aromatic N) is 3. The Hall–Kier alpha value is -2.11. The third-order valence-corrected chi connectivity index (χ3v) is 5.25. The van der Waals surface area contributed by atoms with Gasteiger partial charge in [0, 0.05) is 41.3 Å². The number of halogens is 1. The van der Waals surface area contributed by atoms with E-state index in [-0.39, 0.29) is 0 Å². The van der Waals surface area contributed by atoms with Crippen LogP contribution in [0.5, 0.6) is 0 Å². The maximum absolute atomic E-state index is 6.26. The molecule has 0 aliphatic carbocycles. The fourth-order valence-electron chi connectivity index (χ4n) is 2.93. The Bertz CT molecular complexity index is 821. The lowest BCUT2D eigenvalue weighted by Crippen LogP contribution is -2.26. The molecule has 1 N–H and O–H groups in total. The van der Waals surface area contributed by atoms with Gasteiger partial charge in [-0.1, -0.05) is 35.9 Å². The maximum Gasteiger partial charge on any atom is 0.183 e. The second kappa shape index (κ2) is 6.79. The van der Waals surface area contributed by atoms with Crippen molar-refractivity contribution < 1.29 is 0 Å². The van der Waals surface area contributed by atoms with E-state index in [1.165, 1.54) is 0 Å². The molecule has 0 bridgehead atoms. The van der Waals surface area contributed by atoms with Crippen LogP contribution in [-0.4, -0.2) is 29.1 Å². The number of rotatable bonds is 4. The second-order valence-corrected chi connectivity index (χ2v) is 7.05. The van der Waals surface area contributed by atoms with Gasteiger partial charge < -0.3 is 10.2 Å². The van der Waals surface area contributed by atoms with Crippen molar-refractivity contribution in [3.63, 3.8) is 0 Å². The summed E-state index contributed by atoms with van der Waals surface area (Å²) < 4.78 is 0. The normalized spacial score (nSPS) is 17.2. The minimum Gasteiger partial charge on any atom is -0.357 e. The first kappa shape index (κ1) is 15.4. The molecule has 4 nitrogen and oxygen atoms in total. The molecule has 3 heterocycles. The Morgan fingerprint density at radius 1 is 1.17 bits per heavy atom. The van der Waals surface area contributed by atoms with Gasteiger partial charge in [-0.25, -0.2) is 9.97 Å². The van der Waals surface area contributed by atoms with Crippen molar-refractivity contribution in [1.82, 2.24) is 9.97 Å². The summed E-state index contributed by atoms with van der Waals surface area (Å²) in [5, 5.41) is 7.27. The van der Waals surface area contributed by atoms with E-state index in [2.05, 4.69) is 26.6 Å². The SMILES string of the molecule is Clc1ccccc1-c1csc(NC2CCN(c3ccccn3)C2)n1. The molecule has 1 aliphatic heterocycles. The molecule has 0 amide bonds. The molecule has 0 radical (unpaired) electrons. The highest BCUT2D eigenvalue weighted by atomic mass is 35.5. The Kier molecular flexibility index (Phi) is 4.36. The molecule has 2 aromatic heterocycles. The maximum atomic E-state index is 6.26. The van der Waals surface area contributed by atoms with E-state index in [4.69, 9.17) is 16.6 Å². The van der Waals surface area contributed by atoms with E-state index in [9.17, 15) is 0 Å². The first-order chi connectivity index (χ1) is 11.8. The largest absolute Gasteiger partial charge is 0.357 e. The Morgan fingerprint density at radius 2 is 2.04 bits per heavy atom. The lowest BCUT2D eigenvalue weighted by Gasteiger charge is -2.17. The Morgan fingerprint density at radius 3 is 2.88 bits per heavy atom. The summed E-state index contributed by atoms with van der Waals surface area (Å²) in [4.78, 5) is 11.4. The van der Waals surface area contributed by atoms with Gasteiger partial charge in [0.15, 0.2) is 5.13 Å². The number of anilines is 2. The number of pyridine rings is 1. The number of nitrogens with one attached hydrogen (secondary N) is 1. The third kappa shape index (κ3) is 3.23. The fourth-order valence-corrected chi connectivity index (χ4v) is 3.96. The Balaban J connectivity index is 1.43. The zero-order valence-electron chi connectivity index (χ0n) is 13.0. The molecule has 1 unspecified atom stereocenters. The van der Waals surface area contributed by atoms with Crippen LogP contribution in [0.2, 0.25) is 5.02 Å². The minimum absolute atomic E-state index is 0.386. The summed E-state index contributed by atoms with van der Waals surface area (Å²) in [6.07, 6.45) is 2.92. The van der Waals surface area contributed by atoms with Gasteiger partial charge in [0.2, 0.25) is 0 Å². The van der Waals surface area contributed by atoms with Gasteiger partial charge >= 0.3 is 0 Å². The number of thiazole rings is 1. The van der Waals surface area contributed by atoms with Crippen LogP contribution in [0.15, 0.2) is 54.0 Å². The van der Waals surface area contributed by atoms with Crippen molar-refractivity contribution in [2.24, 2.45) is 0 Å². The van der Waals surface area contributed by atoms with E-state index in [0.717, 1.165) is 46.7 Å². The highest BCUT2D eigenvalue weighted by Crippen LogP contribution is 2.31. The van der Waals surface area contributed by atoms with E-state index >= 15 is 0 Å². The summed E-state index contributed by atoms with van der Waals surface area (Å²) >= 11 is 7.88. The number of hydrogen-bond donors (Lipinski definition) is 1. The molecular weight excluding hydrogens is 340 g/mol.